The highest BCUT2D eigenvalue weighted by molar-refractivity contribution is 7.92. The molecule has 36 heavy (non-hydrogen) atoms. The number of nitrogens with zero attached hydrogens (tertiary/aromatic N) is 2. The van der Waals surface area contributed by atoms with Crippen LogP contribution in [0.1, 0.15) is 11.1 Å². The first-order valence-corrected chi connectivity index (χ1v) is 12.5. The fraction of sp³-hybridized carbons (Fsp3) is 0.200. The fourth-order valence-electron chi connectivity index (χ4n) is 3.26. The van der Waals surface area contributed by atoms with E-state index >= 15 is 0 Å². The van der Waals surface area contributed by atoms with Gasteiger partial charge in [-0.25, -0.2) is 13.8 Å². The van der Waals surface area contributed by atoms with E-state index in [4.69, 9.17) is 25.8 Å². The fourth-order valence-corrected chi connectivity index (χ4v) is 4.86. The van der Waals surface area contributed by atoms with Gasteiger partial charge < -0.3 is 14.2 Å². The number of anilines is 1. The van der Waals surface area contributed by atoms with Crippen molar-refractivity contribution in [3.05, 3.63) is 76.8 Å². The number of sulfonamides is 1. The minimum atomic E-state index is -4.29. The first-order chi connectivity index (χ1) is 17.2. The first kappa shape index (κ1) is 26.8. The van der Waals surface area contributed by atoms with Gasteiger partial charge in [0.2, 0.25) is 0 Å². The molecule has 0 aliphatic carbocycles. The maximum atomic E-state index is 13.8. The number of carbonyl (C=O) groups is 1. The lowest BCUT2D eigenvalue weighted by molar-refractivity contribution is -0.119. The van der Waals surface area contributed by atoms with Gasteiger partial charge >= 0.3 is 0 Å². The molecule has 1 amide bonds. The zero-order valence-electron chi connectivity index (χ0n) is 20.2. The van der Waals surface area contributed by atoms with Crippen molar-refractivity contribution in [1.82, 2.24) is 5.43 Å². The van der Waals surface area contributed by atoms with Gasteiger partial charge in [0.15, 0.2) is 11.5 Å². The third-order valence-corrected chi connectivity index (χ3v) is 7.11. The minimum Gasteiger partial charge on any atom is -0.495 e. The highest BCUT2D eigenvalue weighted by atomic mass is 35.5. The molecule has 0 atom stereocenters. The maximum Gasteiger partial charge on any atom is 0.265 e. The molecule has 0 fully saturated rings. The lowest BCUT2D eigenvalue weighted by Crippen LogP contribution is -2.39. The van der Waals surface area contributed by atoms with Crippen LogP contribution in [0, 0.1) is 6.92 Å². The largest absolute Gasteiger partial charge is 0.495 e. The van der Waals surface area contributed by atoms with Crippen LogP contribution in [0.4, 0.5) is 5.69 Å². The van der Waals surface area contributed by atoms with Crippen LogP contribution in [0.5, 0.6) is 17.2 Å². The molecule has 0 aromatic heterocycles. The Balaban J connectivity index is 1.97. The van der Waals surface area contributed by atoms with Crippen LogP contribution in [0.3, 0.4) is 0 Å². The number of nitrogens with one attached hydrogen (secondary N) is 1. The Kier molecular flexibility index (Phi) is 8.78. The molecule has 1 N–H and O–H groups in total. The van der Waals surface area contributed by atoms with Crippen LogP contribution >= 0.6 is 11.6 Å². The first-order valence-electron chi connectivity index (χ1n) is 10.7. The normalized spacial score (nSPS) is 11.2. The number of ether oxygens (including phenoxy) is 3. The second-order valence-electron chi connectivity index (χ2n) is 7.55. The van der Waals surface area contributed by atoms with Gasteiger partial charge in [-0.3, -0.25) is 9.10 Å². The van der Waals surface area contributed by atoms with Crippen molar-refractivity contribution in [2.75, 3.05) is 32.2 Å². The lowest BCUT2D eigenvalue weighted by atomic mass is 10.2. The number of methoxy groups -OCH3 is 3. The summed E-state index contributed by atoms with van der Waals surface area (Å²) in [6, 6.07) is 16.1. The van der Waals surface area contributed by atoms with Gasteiger partial charge in [0.25, 0.3) is 15.9 Å². The van der Waals surface area contributed by atoms with Crippen LogP contribution in [0.25, 0.3) is 0 Å². The van der Waals surface area contributed by atoms with Crippen LogP contribution in [-0.2, 0) is 14.8 Å². The number of hydrazone groups is 1. The molecule has 190 valence electrons. The van der Waals surface area contributed by atoms with Crippen LogP contribution in [0.15, 0.2) is 70.7 Å². The highest BCUT2D eigenvalue weighted by Crippen LogP contribution is 2.36. The number of halogens is 1. The number of amides is 1. The smallest absolute Gasteiger partial charge is 0.265 e. The summed E-state index contributed by atoms with van der Waals surface area (Å²) in [4.78, 5) is 12.7. The van der Waals surface area contributed by atoms with Gasteiger partial charge in [-0.2, -0.15) is 5.10 Å². The molecule has 3 rings (SSSR count). The van der Waals surface area contributed by atoms with Crippen molar-refractivity contribution in [3.8, 4) is 17.2 Å². The van der Waals surface area contributed by atoms with Gasteiger partial charge in [-0.05, 0) is 42.8 Å². The number of carbonyl (C=O) groups excluding carboxylic acids is 1. The van der Waals surface area contributed by atoms with E-state index < -0.39 is 22.5 Å². The van der Waals surface area contributed by atoms with Crippen molar-refractivity contribution in [3.63, 3.8) is 0 Å². The van der Waals surface area contributed by atoms with E-state index in [0.717, 1.165) is 15.4 Å². The van der Waals surface area contributed by atoms with Gasteiger partial charge in [0, 0.05) is 11.1 Å². The van der Waals surface area contributed by atoms with E-state index in [9.17, 15) is 13.2 Å². The molecule has 0 unspecified atom stereocenters. The standard InChI is InChI=1S/C25H26ClN3O6S/c1-17-5-7-18(8-6-17)15-27-28-25(30)16-29(21-13-19(26)9-11-22(21)33-2)36(31,32)20-10-12-23(34-3)24(14-20)35-4/h5-15H,16H2,1-4H3,(H,28,30)/b27-15-. The highest BCUT2D eigenvalue weighted by Gasteiger charge is 2.30. The Hall–Kier alpha value is -3.76. The van der Waals surface area contributed by atoms with Crippen molar-refractivity contribution in [1.29, 1.82) is 0 Å². The van der Waals surface area contributed by atoms with Crippen molar-refractivity contribution < 1.29 is 27.4 Å². The monoisotopic (exact) mass is 531 g/mol. The van der Waals surface area contributed by atoms with Gasteiger partial charge in [0.1, 0.15) is 12.3 Å². The number of hydrogen-bond donors (Lipinski definition) is 1. The van der Waals surface area contributed by atoms with Crippen LogP contribution in [-0.4, -0.2) is 48.4 Å². The summed E-state index contributed by atoms with van der Waals surface area (Å²) < 4.78 is 44.2. The van der Waals surface area contributed by atoms with Gasteiger partial charge in [-0.1, -0.05) is 41.4 Å². The summed E-state index contributed by atoms with van der Waals surface area (Å²) in [5.41, 5.74) is 4.31. The average molecular weight is 532 g/mol. The maximum absolute atomic E-state index is 13.8. The van der Waals surface area contributed by atoms with Crippen molar-refractivity contribution in [2.45, 2.75) is 11.8 Å². The van der Waals surface area contributed by atoms with E-state index in [0.29, 0.717) is 5.75 Å². The molecule has 11 heteroatoms. The van der Waals surface area contributed by atoms with E-state index in [-0.39, 0.29) is 27.1 Å². The van der Waals surface area contributed by atoms with Gasteiger partial charge in [0.05, 0.1) is 38.1 Å². The van der Waals surface area contributed by atoms with E-state index in [1.54, 1.807) is 6.07 Å². The summed E-state index contributed by atoms with van der Waals surface area (Å²) in [7, 11) is -0.0674. The van der Waals surface area contributed by atoms with Crippen LogP contribution < -0.4 is 23.9 Å². The molecule has 0 aliphatic rings. The second kappa shape index (κ2) is 11.8. The molecule has 0 aliphatic heterocycles. The molecule has 3 aromatic carbocycles. The third kappa shape index (κ3) is 6.27. The van der Waals surface area contributed by atoms with Crippen molar-refractivity contribution in [2.24, 2.45) is 5.10 Å². The van der Waals surface area contributed by atoms with Gasteiger partial charge in [-0.15, -0.1) is 0 Å². The summed E-state index contributed by atoms with van der Waals surface area (Å²) in [6.45, 7) is 1.36. The summed E-state index contributed by atoms with van der Waals surface area (Å²) in [5, 5.41) is 4.20. The predicted molar refractivity (Wildman–Crippen MR) is 139 cm³/mol. The molecule has 0 radical (unpaired) electrons. The molecule has 0 bridgehead atoms. The summed E-state index contributed by atoms with van der Waals surface area (Å²) in [5.74, 6) is 0.0964. The molecule has 0 heterocycles. The third-order valence-electron chi connectivity index (χ3n) is 5.12. The SMILES string of the molecule is COc1ccc(S(=O)(=O)N(CC(=O)N/N=C\c2ccc(C)cc2)c2cc(Cl)ccc2OC)cc1OC. The molecule has 9 nitrogen and oxygen atoms in total. The van der Waals surface area contributed by atoms with E-state index in [1.165, 1.54) is 57.9 Å². The molecule has 0 saturated heterocycles. The van der Waals surface area contributed by atoms with E-state index in [2.05, 4.69) is 10.5 Å². The second-order valence-corrected chi connectivity index (χ2v) is 9.85. The zero-order chi connectivity index (χ0) is 26.3. The molecule has 0 saturated carbocycles. The minimum absolute atomic E-state index is 0.0810. The average Bonchev–Trinajstić information content (AvgIpc) is 2.87. The number of benzene rings is 3. The molecule has 3 aromatic rings. The Morgan fingerprint density at radius 1 is 0.944 bits per heavy atom. The van der Waals surface area contributed by atoms with Crippen molar-refractivity contribution >= 4 is 39.4 Å². The summed E-state index contributed by atoms with van der Waals surface area (Å²) in [6.07, 6.45) is 1.46. The Morgan fingerprint density at radius 3 is 2.22 bits per heavy atom. The molecular weight excluding hydrogens is 506 g/mol. The lowest BCUT2D eigenvalue weighted by Gasteiger charge is -2.25. The Bertz CT molecular complexity index is 1360. The number of rotatable bonds is 10. The topological polar surface area (TPSA) is 107 Å². The van der Waals surface area contributed by atoms with Crippen LogP contribution in [0.2, 0.25) is 5.02 Å². The quantitative estimate of drug-likeness (QED) is 0.313. The summed E-state index contributed by atoms with van der Waals surface area (Å²) >= 11 is 6.16. The predicted octanol–water partition coefficient (Wildman–Crippen LogP) is 4.02. The molecule has 0 spiro atoms. The number of hydrogen-bond acceptors (Lipinski definition) is 7. The Labute approximate surface area is 215 Å². The zero-order valence-corrected chi connectivity index (χ0v) is 21.8. The molecular formula is C25H26ClN3O6S. The number of aryl methyl sites for hydroxylation is 1. The van der Waals surface area contributed by atoms with E-state index in [1.807, 2.05) is 31.2 Å². The Morgan fingerprint density at radius 2 is 1.58 bits per heavy atom.